The number of aryl methyl sites for hydroxylation is 1. The summed E-state index contributed by atoms with van der Waals surface area (Å²) in [5.74, 6) is -0.626. The quantitative estimate of drug-likeness (QED) is 0.582. The first-order chi connectivity index (χ1) is 15.3. The van der Waals surface area contributed by atoms with Gasteiger partial charge in [0.15, 0.2) is 0 Å². The Bertz CT molecular complexity index is 1140. The van der Waals surface area contributed by atoms with E-state index >= 15 is 0 Å². The van der Waals surface area contributed by atoms with Crippen molar-refractivity contribution >= 4 is 23.4 Å². The lowest BCUT2D eigenvalue weighted by molar-refractivity contribution is 0.0784. The number of benzene rings is 2. The second-order valence-corrected chi connectivity index (χ2v) is 8.50. The summed E-state index contributed by atoms with van der Waals surface area (Å²) >= 11 is 6.49. The summed E-state index contributed by atoms with van der Waals surface area (Å²) in [7, 11) is 1.70. The van der Waals surface area contributed by atoms with Crippen molar-refractivity contribution in [2.45, 2.75) is 38.9 Å². The van der Waals surface area contributed by atoms with Gasteiger partial charge in [0.05, 0.1) is 17.8 Å². The standard InChI is InChI=1S/C24H24ClFN4O2/c1-15-21(22(25)30(28-15)14-17-5-9-19(26)10-6-17)24(32)29(2)13-16-3-7-18(8-4-16)23(31)27-20-11-12-20/h3-10,20H,11-14H2,1-2H3,(H,27,31). The average Bonchev–Trinajstić information content (AvgIpc) is 3.54. The molecule has 0 atom stereocenters. The number of rotatable bonds is 7. The third kappa shape index (κ3) is 4.99. The summed E-state index contributed by atoms with van der Waals surface area (Å²) in [5, 5.41) is 7.60. The van der Waals surface area contributed by atoms with Gasteiger partial charge in [0.2, 0.25) is 0 Å². The Balaban J connectivity index is 1.43. The van der Waals surface area contributed by atoms with E-state index in [0.29, 0.717) is 36.0 Å². The molecule has 1 saturated carbocycles. The van der Waals surface area contributed by atoms with Gasteiger partial charge in [-0.25, -0.2) is 9.07 Å². The predicted octanol–water partition coefficient (Wildman–Crippen LogP) is 4.20. The molecule has 0 aliphatic heterocycles. The Hall–Kier alpha value is -3.19. The van der Waals surface area contributed by atoms with Gasteiger partial charge in [-0.1, -0.05) is 35.9 Å². The predicted molar refractivity (Wildman–Crippen MR) is 120 cm³/mol. The first-order valence-electron chi connectivity index (χ1n) is 10.4. The smallest absolute Gasteiger partial charge is 0.258 e. The van der Waals surface area contributed by atoms with E-state index in [1.165, 1.54) is 12.1 Å². The topological polar surface area (TPSA) is 67.2 Å². The molecule has 0 bridgehead atoms. The zero-order valence-electron chi connectivity index (χ0n) is 17.9. The van der Waals surface area contributed by atoms with Crippen LogP contribution in [0.4, 0.5) is 4.39 Å². The van der Waals surface area contributed by atoms with Gasteiger partial charge in [0.1, 0.15) is 11.0 Å². The first kappa shape index (κ1) is 22.0. The number of hydrogen-bond acceptors (Lipinski definition) is 3. The van der Waals surface area contributed by atoms with Crippen LogP contribution in [0.1, 0.15) is 50.4 Å². The third-order valence-corrected chi connectivity index (χ3v) is 5.80. The number of nitrogens with zero attached hydrogens (tertiary/aromatic N) is 3. The van der Waals surface area contributed by atoms with Crippen LogP contribution < -0.4 is 5.32 Å². The van der Waals surface area contributed by atoms with Gasteiger partial charge < -0.3 is 10.2 Å². The van der Waals surface area contributed by atoms with Crippen LogP contribution in [0.25, 0.3) is 0 Å². The molecular weight excluding hydrogens is 431 g/mol. The molecule has 32 heavy (non-hydrogen) atoms. The van der Waals surface area contributed by atoms with E-state index in [9.17, 15) is 14.0 Å². The number of carbonyl (C=O) groups is 2. The molecule has 0 radical (unpaired) electrons. The van der Waals surface area contributed by atoms with Crippen LogP contribution in [-0.2, 0) is 13.1 Å². The summed E-state index contributed by atoms with van der Waals surface area (Å²) < 4.78 is 14.7. The van der Waals surface area contributed by atoms with Crippen molar-refractivity contribution in [2.75, 3.05) is 7.05 Å². The highest BCUT2D eigenvalue weighted by atomic mass is 35.5. The zero-order valence-corrected chi connectivity index (χ0v) is 18.7. The lowest BCUT2D eigenvalue weighted by Crippen LogP contribution is -2.27. The minimum atomic E-state index is -0.314. The van der Waals surface area contributed by atoms with Crippen LogP contribution in [0, 0.1) is 12.7 Å². The molecule has 1 heterocycles. The Kier molecular flexibility index (Phi) is 6.28. The van der Waals surface area contributed by atoms with E-state index in [0.717, 1.165) is 24.0 Å². The lowest BCUT2D eigenvalue weighted by Gasteiger charge is -2.17. The number of hydrogen-bond donors (Lipinski definition) is 1. The molecule has 1 aliphatic carbocycles. The molecule has 0 saturated heterocycles. The Labute approximate surface area is 191 Å². The maximum absolute atomic E-state index is 13.1. The summed E-state index contributed by atoms with van der Waals surface area (Å²) in [6.45, 7) is 2.44. The fraction of sp³-hybridized carbons (Fsp3) is 0.292. The third-order valence-electron chi connectivity index (χ3n) is 5.42. The molecule has 166 valence electrons. The number of carbonyl (C=O) groups excluding carboxylic acids is 2. The van der Waals surface area contributed by atoms with E-state index in [1.807, 2.05) is 12.1 Å². The molecule has 0 unspecified atom stereocenters. The Morgan fingerprint density at radius 3 is 2.38 bits per heavy atom. The second kappa shape index (κ2) is 9.12. The number of halogens is 2. The molecule has 2 amide bonds. The average molecular weight is 455 g/mol. The van der Waals surface area contributed by atoms with Crippen molar-refractivity contribution in [3.8, 4) is 0 Å². The fourth-order valence-corrected chi connectivity index (χ4v) is 3.77. The van der Waals surface area contributed by atoms with Gasteiger partial charge in [0.25, 0.3) is 11.8 Å². The van der Waals surface area contributed by atoms with E-state index in [4.69, 9.17) is 11.6 Å². The normalized spacial score (nSPS) is 13.1. The second-order valence-electron chi connectivity index (χ2n) is 8.14. The van der Waals surface area contributed by atoms with E-state index in [-0.39, 0.29) is 22.8 Å². The number of nitrogens with one attached hydrogen (secondary N) is 1. The maximum Gasteiger partial charge on any atom is 0.258 e. The summed E-state index contributed by atoms with van der Waals surface area (Å²) in [4.78, 5) is 26.8. The molecule has 1 fully saturated rings. The van der Waals surface area contributed by atoms with Crippen molar-refractivity contribution in [3.63, 3.8) is 0 Å². The van der Waals surface area contributed by atoms with Gasteiger partial charge in [-0.2, -0.15) is 5.10 Å². The maximum atomic E-state index is 13.1. The van der Waals surface area contributed by atoms with Crippen molar-refractivity contribution < 1.29 is 14.0 Å². The molecule has 4 rings (SSSR count). The minimum Gasteiger partial charge on any atom is -0.349 e. The van der Waals surface area contributed by atoms with Gasteiger partial charge in [0, 0.05) is 25.2 Å². The van der Waals surface area contributed by atoms with Crippen LogP contribution in [0.3, 0.4) is 0 Å². The summed E-state index contributed by atoms with van der Waals surface area (Å²) in [5.41, 5.74) is 3.21. The lowest BCUT2D eigenvalue weighted by atomic mass is 10.1. The number of aromatic nitrogens is 2. The molecule has 1 aromatic heterocycles. The van der Waals surface area contributed by atoms with Crippen LogP contribution in [-0.4, -0.2) is 39.6 Å². The summed E-state index contributed by atoms with van der Waals surface area (Å²) in [6.07, 6.45) is 2.08. The SMILES string of the molecule is Cc1nn(Cc2ccc(F)cc2)c(Cl)c1C(=O)N(C)Cc1ccc(C(=O)NC2CC2)cc1. The molecule has 8 heteroatoms. The van der Waals surface area contributed by atoms with Crippen molar-refractivity contribution in [1.29, 1.82) is 0 Å². The Morgan fingerprint density at radius 1 is 1.12 bits per heavy atom. The van der Waals surface area contributed by atoms with E-state index in [2.05, 4.69) is 10.4 Å². The highest BCUT2D eigenvalue weighted by Gasteiger charge is 2.25. The summed E-state index contributed by atoms with van der Waals surface area (Å²) in [6, 6.07) is 13.6. The van der Waals surface area contributed by atoms with Crippen LogP contribution in [0.2, 0.25) is 5.15 Å². The fourth-order valence-electron chi connectivity index (χ4n) is 3.46. The molecule has 1 N–H and O–H groups in total. The van der Waals surface area contributed by atoms with Gasteiger partial charge in [-0.15, -0.1) is 0 Å². The zero-order chi connectivity index (χ0) is 22.8. The van der Waals surface area contributed by atoms with Gasteiger partial charge in [-0.3, -0.25) is 9.59 Å². The largest absolute Gasteiger partial charge is 0.349 e. The molecule has 2 aromatic carbocycles. The number of amides is 2. The molecule has 6 nitrogen and oxygen atoms in total. The monoisotopic (exact) mass is 454 g/mol. The first-order valence-corrected chi connectivity index (χ1v) is 10.8. The minimum absolute atomic E-state index is 0.0699. The van der Waals surface area contributed by atoms with E-state index in [1.54, 1.807) is 47.8 Å². The van der Waals surface area contributed by atoms with E-state index < -0.39 is 0 Å². The van der Waals surface area contributed by atoms with Crippen LogP contribution in [0.5, 0.6) is 0 Å². The molecule has 3 aromatic rings. The van der Waals surface area contributed by atoms with Gasteiger partial charge >= 0.3 is 0 Å². The van der Waals surface area contributed by atoms with Crippen molar-refractivity contribution in [2.24, 2.45) is 0 Å². The van der Waals surface area contributed by atoms with Crippen LogP contribution in [0.15, 0.2) is 48.5 Å². The van der Waals surface area contributed by atoms with Crippen molar-refractivity contribution in [3.05, 3.63) is 87.4 Å². The highest BCUT2D eigenvalue weighted by molar-refractivity contribution is 6.33. The Morgan fingerprint density at radius 2 is 1.75 bits per heavy atom. The highest BCUT2D eigenvalue weighted by Crippen LogP contribution is 2.23. The van der Waals surface area contributed by atoms with Crippen molar-refractivity contribution in [1.82, 2.24) is 20.0 Å². The molecular formula is C24H24ClFN4O2. The molecule has 0 spiro atoms. The van der Waals surface area contributed by atoms with Gasteiger partial charge in [-0.05, 0) is 55.2 Å². The van der Waals surface area contributed by atoms with Crippen LogP contribution >= 0.6 is 11.6 Å². The molecule has 1 aliphatic rings.